The number of hydrogen-bond acceptors (Lipinski definition) is 4. The SMILES string of the molecule is CCOC(=O)[C@@H]1CCCN(C(=O)c2cnn(-c3ccc(F)cc3)c2C(C)C)C1. The number of ether oxygens (including phenoxy) is 1. The van der Waals surface area contributed by atoms with Crippen LogP contribution in [0.1, 0.15) is 55.6 Å². The van der Waals surface area contributed by atoms with Gasteiger partial charge in [0.25, 0.3) is 5.91 Å². The summed E-state index contributed by atoms with van der Waals surface area (Å²) in [5.74, 6) is -0.946. The van der Waals surface area contributed by atoms with Crippen LogP contribution in [0, 0.1) is 11.7 Å². The van der Waals surface area contributed by atoms with Crippen LogP contribution < -0.4 is 0 Å². The van der Waals surface area contributed by atoms with Gasteiger partial charge in [-0.3, -0.25) is 9.59 Å². The summed E-state index contributed by atoms with van der Waals surface area (Å²) in [6.07, 6.45) is 3.06. The van der Waals surface area contributed by atoms with Crippen LogP contribution in [0.3, 0.4) is 0 Å². The van der Waals surface area contributed by atoms with Crippen LogP contribution in [0.25, 0.3) is 5.69 Å². The van der Waals surface area contributed by atoms with E-state index in [4.69, 9.17) is 4.74 Å². The highest BCUT2D eigenvalue weighted by Crippen LogP contribution is 2.26. The van der Waals surface area contributed by atoms with Gasteiger partial charge < -0.3 is 9.64 Å². The predicted octanol–water partition coefficient (Wildman–Crippen LogP) is 3.55. The van der Waals surface area contributed by atoms with E-state index in [2.05, 4.69) is 5.10 Å². The second-order valence-electron chi connectivity index (χ2n) is 7.33. The molecule has 1 aliphatic rings. The number of esters is 1. The predicted molar refractivity (Wildman–Crippen MR) is 103 cm³/mol. The highest BCUT2D eigenvalue weighted by atomic mass is 19.1. The zero-order valence-corrected chi connectivity index (χ0v) is 16.5. The third-order valence-corrected chi connectivity index (χ3v) is 4.98. The Morgan fingerprint density at radius 1 is 1.29 bits per heavy atom. The third-order valence-electron chi connectivity index (χ3n) is 4.98. The summed E-state index contributed by atoms with van der Waals surface area (Å²) in [4.78, 5) is 27.0. The lowest BCUT2D eigenvalue weighted by atomic mass is 9.97. The van der Waals surface area contributed by atoms with Gasteiger partial charge in [-0.05, 0) is 49.9 Å². The fourth-order valence-electron chi connectivity index (χ4n) is 3.65. The fourth-order valence-corrected chi connectivity index (χ4v) is 3.65. The molecule has 2 heterocycles. The Bertz CT molecular complexity index is 845. The molecule has 1 amide bonds. The second-order valence-corrected chi connectivity index (χ2v) is 7.33. The van der Waals surface area contributed by atoms with Crippen LogP contribution in [-0.4, -0.2) is 46.3 Å². The largest absolute Gasteiger partial charge is 0.466 e. The fraction of sp³-hybridized carbons (Fsp3) is 0.476. The van der Waals surface area contributed by atoms with Gasteiger partial charge in [-0.15, -0.1) is 0 Å². The van der Waals surface area contributed by atoms with Crippen molar-refractivity contribution in [1.29, 1.82) is 0 Å². The van der Waals surface area contributed by atoms with E-state index >= 15 is 0 Å². The molecule has 1 aromatic heterocycles. The van der Waals surface area contributed by atoms with Gasteiger partial charge in [-0.25, -0.2) is 9.07 Å². The van der Waals surface area contributed by atoms with Crippen LogP contribution in [0.4, 0.5) is 4.39 Å². The van der Waals surface area contributed by atoms with Crippen molar-refractivity contribution < 1.29 is 18.7 Å². The van der Waals surface area contributed by atoms with Crippen molar-refractivity contribution in [3.8, 4) is 5.69 Å². The Labute approximate surface area is 164 Å². The van der Waals surface area contributed by atoms with Crippen LogP contribution in [-0.2, 0) is 9.53 Å². The topological polar surface area (TPSA) is 64.4 Å². The number of carbonyl (C=O) groups is 2. The molecule has 150 valence electrons. The first-order valence-electron chi connectivity index (χ1n) is 9.72. The van der Waals surface area contributed by atoms with Crippen LogP contribution >= 0.6 is 0 Å². The molecule has 0 N–H and O–H groups in total. The molecule has 0 spiro atoms. The van der Waals surface area contributed by atoms with Crippen LogP contribution in [0.2, 0.25) is 0 Å². The quantitative estimate of drug-likeness (QED) is 0.736. The van der Waals surface area contributed by atoms with E-state index in [9.17, 15) is 14.0 Å². The summed E-state index contributed by atoms with van der Waals surface area (Å²) in [5, 5.41) is 4.39. The van der Waals surface area contributed by atoms with E-state index in [1.807, 2.05) is 13.8 Å². The van der Waals surface area contributed by atoms with Gasteiger partial charge in [0.05, 0.1) is 35.7 Å². The molecule has 6 nitrogen and oxygen atoms in total. The number of hydrogen-bond donors (Lipinski definition) is 0. The third kappa shape index (κ3) is 4.08. The zero-order valence-electron chi connectivity index (χ0n) is 16.5. The van der Waals surface area contributed by atoms with Gasteiger partial charge in [0, 0.05) is 13.1 Å². The standard InChI is InChI=1S/C21H26FN3O3/c1-4-28-21(27)15-6-5-11-24(13-15)20(26)18-12-23-25(19(18)14(2)3)17-9-7-16(22)8-10-17/h7-10,12,14-15H,4-6,11,13H2,1-3H3/t15-/m1/s1. The van der Waals surface area contributed by atoms with E-state index in [1.54, 1.807) is 34.8 Å². The lowest BCUT2D eigenvalue weighted by Crippen LogP contribution is -2.43. The molecular weight excluding hydrogens is 361 g/mol. The Morgan fingerprint density at radius 3 is 2.64 bits per heavy atom. The summed E-state index contributed by atoms with van der Waals surface area (Å²) < 4.78 is 20.1. The summed E-state index contributed by atoms with van der Waals surface area (Å²) in [6, 6.07) is 6.02. The molecule has 7 heteroatoms. The van der Waals surface area contributed by atoms with Crippen molar-refractivity contribution in [1.82, 2.24) is 14.7 Å². The highest BCUT2D eigenvalue weighted by Gasteiger charge is 2.32. The van der Waals surface area contributed by atoms with E-state index in [0.29, 0.717) is 30.9 Å². The summed E-state index contributed by atoms with van der Waals surface area (Å²) in [5.41, 5.74) is 1.99. The number of likely N-dealkylation sites (tertiary alicyclic amines) is 1. The zero-order chi connectivity index (χ0) is 20.3. The van der Waals surface area contributed by atoms with Crippen molar-refractivity contribution in [2.45, 2.75) is 39.5 Å². The lowest BCUT2D eigenvalue weighted by Gasteiger charge is -2.31. The Kier molecular flexibility index (Phi) is 6.11. The molecule has 1 saturated heterocycles. The van der Waals surface area contributed by atoms with Gasteiger partial charge in [-0.2, -0.15) is 5.10 Å². The van der Waals surface area contributed by atoms with Crippen molar-refractivity contribution in [2.24, 2.45) is 5.92 Å². The molecule has 1 aliphatic heterocycles. The second kappa shape index (κ2) is 8.54. The minimum absolute atomic E-state index is 0.0390. The normalized spacial score (nSPS) is 17.0. The van der Waals surface area contributed by atoms with E-state index in [1.165, 1.54) is 12.1 Å². The molecule has 28 heavy (non-hydrogen) atoms. The average Bonchev–Trinajstić information content (AvgIpc) is 3.13. The maximum absolute atomic E-state index is 13.3. The van der Waals surface area contributed by atoms with Crippen molar-refractivity contribution in [2.75, 3.05) is 19.7 Å². The molecular formula is C21H26FN3O3. The maximum atomic E-state index is 13.3. The number of benzene rings is 1. The minimum atomic E-state index is -0.323. The van der Waals surface area contributed by atoms with Gasteiger partial charge >= 0.3 is 5.97 Å². The van der Waals surface area contributed by atoms with E-state index < -0.39 is 0 Å². The van der Waals surface area contributed by atoms with Gasteiger partial charge in [0.15, 0.2) is 0 Å². The first kappa shape index (κ1) is 20.0. The maximum Gasteiger partial charge on any atom is 0.310 e. The molecule has 1 fully saturated rings. The lowest BCUT2D eigenvalue weighted by molar-refractivity contribution is -0.149. The molecule has 1 aromatic carbocycles. The molecule has 0 aliphatic carbocycles. The minimum Gasteiger partial charge on any atom is -0.466 e. The first-order valence-corrected chi connectivity index (χ1v) is 9.72. The smallest absolute Gasteiger partial charge is 0.310 e. The van der Waals surface area contributed by atoms with Crippen molar-refractivity contribution >= 4 is 11.9 Å². The Hall–Kier alpha value is -2.70. The number of nitrogens with zero attached hydrogens (tertiary/aromatic N) is 3. The summed E-state index contributed by atoms with van der Waals surface area (Å²) in [7, 11) is 0. The molecule has 0 bridgehead atoms. The number of amides is 1. The number of halogens is 1. The van der Waals surface area contributed by atoms with Crippen molar-refractivity contribution in [3.05, 3.63) is 47.5 Å². The average molecular weight is 387 g/mol. The highest BCUT2D eigenvalue weighted by molar-refractivity contribution is 5.96. The van der Waals surface area contributed by atoms with Gasteiger partial charge in [0.2, 0.25) is 0 Å². The Morgan fingerprint density at radius 2 is 2.00 bits per heavy atom. The van der Waals surface area contributed by atoms with Crippen LogP contribution in [0.15, 0.2) is 30.5 Å². The number of rotatable bonds is 5. The molecule has 1 atom stereocenters. The number of aromatic nitrogens is 2. The van der Waals surface area contributed by atoms with Crippen LogP contribution in [0.5, 0.6) is 0 Å². The van der Waals surface area contributed by atoms with Crippen molar-refractivity contribution in [3.63, 3.8) is 0 Å². The van der Waals surface area contributed by atoms with Gasteiger partial charge in [0.1, 0.15) is 5.82 Å². The number of piperidine rings is 1. The summed E-state index contributed by atoms with van der Waals surface area (Å²) in [6.45, 7) is 7.06. The molecule has 2 aromatic rings. The molecule has 0 unspecified atom stereocenters. The summed E-state index contributed by atoms with van der Waals surface area (Å²) >= 11 is 0. The first-order chi connectivity index (χ1) is 13.4. The monoisotopic (exact) mass is 387 g/mol. The van der Waals surface area contributed by atoms with E-state index in [0.717, 1.165) is 18.5 Å². The molecule has 3 rings (SSSR count). The van der Waals surface area contributed by atoms with Gasteiger partial charge in [-0.1, -0.05) is 13.8 Å². The molecule has 0 radical (unpaired) electrons. The van der Waals surface area contributed by atoms with E-state index in [-0.39, 0.29) is 29.5 Å². The number of carbonyl (C=O) groups excluding carboxylic acids is 2. The Balaban J connectivity index is 1.87. The molecule has 0 saturated carbocycles.